The van der Waals surface area contributed by atoms with Crippen LogP contribution in [0.25, 0.3) is 0 Å². The highest BCUT2D eigenvalue weighted by molar-refractivity contribution is 5.80. The Balaban J connectivity index is 1.71. The molecule has 1 aliphatic heterocycles. The molecule has 8 heteroatoms. The summed E-state index contributed by atoms with van der Waals surface area (Å²) >= 11 is 0. The van der Waals surface area contributed by atoms with E-state index in [1.807, 2.05) is 0 Å². The molecule has 0 unspecified atom stereocenters. The number of carbonyl (C=O) groups is 2. The Hall–Kier alpha value is -2.64. The van der Waals surface area contributed by atoms with E-state index in [4.69, 9.17) is 14.2 Å². The molecule has 1 aromatic carbocycles. The van der Waals surface area contributed by atoms with E-state index in [0.717, 1.165) is 12.8 Å². The minimum Gasteiger partial charge on any atom is -0.496 e. The number of nitrogens with one attached hydrogen (secondary N) is 1. The van der Waals surface area contributed by atoms with E-state index in [1.54, 1.807) is 24.1 Å². The minimum absolute atomic E-state index is 0.0332. The van der Waals surface area contributed by atoms with Gasteiger partial charge in [0.05, 0.1) is 38.9 Å². The maximum absolute atomic E-state index is 12.7. The molecule has 27 heavy (non-hydrogen) atoms. The fraction of sp³-hybridized carbons (Fsp3) is 0.579. The zero-order valence-electron chi connectivity index (χ0n) is 15.9. The number of nitrogens with zero attached hydrogens (tertiary/aromatic N) is 1. The molecule has 1 aliphatic carbocycles. The zero-order valence-corrected chi connectivity index (χ0v) is 15.9. The van der Waals surface area contributed by atoms with Crippen molar-refractivity contribution in [1.29, 1.82) is 0 Å². The van der Waals surface area contributed by atoms with Crippen LogP contribution in [0.4, 0.5) is 4.79 Å². The number of methoxy groups -OCH3 is 3. The molecule has 2 atom stereocenters. The van der Waals surface area contributed by atoms with Crippen LogP contribution in [0.3, 0.4) is 0 Å². The summed E-state index contributed by atoms with van der Waals surface area (Å²) in [7, 11) is 4.63. The van der Waals surface area contributed by atoms with Gasteiger partial charge in [-0.1, -0.05) is 6.42 Å². The predicted molar refractivity (Wildman–Crippen MR) is 97.3 cm³/mol. The van der Waals surface area contributed by atoms with Crippen LogP contribution in [0, 0.1) is 11.3 Å². The zero-order chi connectivity index (χ0) is 19.6. The molecule has 2 N–H and O–H groups in total. The number of carbonyl (C=O) groups excluding carboxylic acids is 1. The number of urea groups is 1. The van der Waals surface area contributed by atoms with E-state index in [1.165, 1.54) is 14.2 Å². The van der Waals surface area contributed by atoms with Gasteiger partial charge in [0.1, 0.15) is 17.2 Å². The van der Waals surface area contributed by atoms with Crippen LogP contribution in [-0.4, -0.2) is 56.4 Å². The summed E-state index contributed by atoms with van der Waals surface area (Å²) in [6.45, 7) is 0.946. The van der Waals surface area contributed by atoms with Gasteiger partial charge in [0.15, 0.2) is 0 Å². The molecular weight excluding hydrogens is 352 g/mol. The highest BCUT2D eigenvalue weighted by Gasteiger charge is 2.55. The number of aliphatic carboxylic acids is 1. The topological polar surface area (TPSA) is 97.3 Å². The third-order valence-electron chi connectivity index (χ3n) is 5.82. The summed E-state index contributed by atoms with van der Waals surface area (Å²) in [5, 5.41) is 12.5. The summed E-state index contributed by atoms with van der Waals surface area (Å²) in [5.41, 5.74) is -0.0891. The Morgan fingerprint density at radius 2 is 1.89 bits per heavy atom. The molecule has 3 rings (SSSR count). The molecule has 1 aromatic rings. The van der Waals surface area contributed by atoms with Crippen LogP contribution >= 0.6 is 0 Å². The molecular formula is C19H26N2O6. The Morgan fingerprint density at radius 1 is 1.22 bits per heavy atom. The monoisotopic (exact) mass is 378 g/mol. The normalized spacial score (nSPS) is 23.7. The lowest BCUT2D eigenvalue weighted by Gasteiger charge is -2.23. The largest absolute Gasteiger partial charge is 0.496 e. The second-order valence-corrected chi connectivity index (χ2v) is 7.10. The van der Waals surface area contributed by atoms with E-state index in [-0.39, 0.29) is 25.0 Å². The van der Waals surface area contributed by atoms with Crippen LogP contribution in [0.1, 0.15) is 24.8 Å². The average molecular weight is 378 g/mol. The van der Waals surface area contributed by atoms with Gasteiger partial charge >= 0.3 is 12.0 Å². The first-order valence-electron chi connectivity index (χ1n) is 9.00. The van der Waals surface area contributed by atoms with Gasteiger partial charge in [-0.15, -0.1) is 0 Å². The number of carboxylic acid groups (broad SMARTS) is 1. The number of fused-ring (bicyclic) bond motifs is 1. The van der Waals surface area contributed by atoms with Gasteiger partial charge in [0, 0.05) is 25.2 Å². The first-order valence-corrected chi connectivity index (χ1v) is 9.00. The van der Waals surface area contributed by atoms with Crippen molar-refractivity contribution in [3.63, 3.8) is 0 Å². The molecule has 0 bridgehead atoms. The first kappa shape index (κ1) is 19.1. The fourth-order valence-corrected chi connectivity index (χ4v) is 4.32. The second kappa shape index (κ2) is 7.54. The van der Waals surface area contributed by atoms with Crippen LogP contribution in [0.5, 0.6) is 17.2 Å². The van der Waals surface area contributed by atoms with Crippen molar-refractivity contribution in [3.05, 3.63) is 17.7 Å². The van der Waals surface area contributed by atoms with Crippen molar-refractivity contribution in [2.24, 2.45) is 11.3 Å². The SMILES string of the molecule is COc1cc(OC)c(CNC(=O)N2C[C@@H]3CCC[C@@]3(C(=O)O)C2)c(OC)c1. The van der Waals surface area contributed by atoms with Crippen molar-refractivity contribution in [2.45, 2.75) is 25.8 Å². The van der Waals surface area contributed by atoms with Crippen molar-refractivity contribution in [1.82, 2.24) is 10.2 Å². The minimum atomic E-state index is -0.793. The Labute approximate surface area is 158 Å². The van der Waals surface area contributed by atoms with Crippen molar-refractivity contribution >= 4 is 12.0 Å². The van der Waals surface area contributed by atoms with Gasteiger partial charge in [-0.25, -0.2) is 4.79 Å². The number of likely N-dealkylation sites (tertiary alicyclic amines) is 1. The number of rotatable bonds is 6. The van der Waals surface area contributed by atoms with Crippen LogP contribution in [-0.2, 0) is 11.3 Å². The van der Waals surface area contributed by atoms with Crippen LogP contribution < -0.4 is 19.5 Å². The van der Waals surface area contributed by atoms with Crippen molar-refractivity contribution in [2.75, 3.05) is 34.4 Å². The standard InChI is InChI=1S/C19H26N2O6/c1-25-13-7-15(26-2)14(16(8-13)27-3)9-20-18(24)21-10-12-5-4-6-19(12,11-21)17(22)23/h7-8,12H,4-6,9-11H2,1-3H3,(H,20,24)(H,22,23)/t12-,19+/m0/s1. The fourth-order valence-electron chi connectivity index (χ4n) is 4.32. The first-order chi connectivity index (χ1) is 12.9. The molecule has 0 radical (unpaired) electrons. The van der Waals surface area contributed by atoms with E-state index in [2.05, 4.69) is 5.32 Å². The number of carboxylic acids is 1. The lowest BCUT2D eigenvalue weighted by atomic mass is 9.81. The smallest absolute Gasteiger partial charge is 0.317 e. The molecule has 1 saturated heterocycles. The lowest BCUT2D eigenvalue weighted by Crippen LogP contribution is -2.41. The number of hydrogen-bond donors (Lipinski definition) is 2. The molecule has 1 heterocycles. The van der Waals surface area contributed by atoms with Gasteiger partial charge in [-0.3, -0.25) is 4.79 Å². The molecule has 2 amide bonds. The maximum atomic E-state index is 12.7. The summed E-state index contributed by atoms with van der Waals surface area (Å²) < 4.78 is 16.0. The van der Waals surface area contributed by atoms with E-state index in [9.17, 15) is 14.7 Å². The molecule has 148 valence electrons. The number of hydrogen-bond acceptors (Lipinski definition) is 5. The van der Waals surface area contributed by atoms with Gasteiger partial charge in [0.2, 0.25) is 0 Å². The Morgan fingerprint density at radius 3 is 2.41 bits per heavy atom. The second-order valence-electron chi connectivity index (χ2n) is 7.10. The third-order valence-corrected chi connectivity index (χ3v) is 5.82. The van der Waals surface area contributed by atoms with E-state index >= 15 is 0 Å². The summed E-state index contributed by atoms with van der Waals surface area (Å²) in [6.07, 6.45) is 2.40. The summed E-state index contributed by atoms with van der Waals surface area (Å²) in [5.74, 6) is 0.928. The van der Waals surface area contributed by atoms with Gasteiger partial charge < -0.3 is 29.5 Å². The Kier molecular flexibility index (Phi) is 5.34. The van der Waals surface area contributed by atoms with Gasteiger partial charge in [-0.2, -0.15) is 0 Å². The summed E-state index contributed by atoms with van der Waals surface area (Å²) in [4.78, 5) is 26.0. The number of benzene rings is 1. The van der Waals surface area contributed by atoms with Crippen LogP contribution in [0.2, 0.25) is 0 Å². The number of ether oxygens (including phenoxy) is 3. The Bertz CT molecular complexity index is 712. The quantitative estimate of drug-likeness (QED) is 0.787. The molecule has 0 aromatic heterocycles. The predicted octanol–water partition coefficient (Wildman–Crippen LogP) is 2.11. The lowest BCUT2D eigenvalue weighted by molar-refractivity contribution is -0.149. The van der Waals surface area contributed by atoms with Gasteiger partial charge in [-0.05, 0) is 18.8 Å². The van der Waals surface area contributed by atoms with E-state index < -0.39 is 11.4 Å². The van der Waals surface area contributed by atoms with Crippen LogP contribution in [0.15, 0.2) is 12.1 Å². The van der Waals surface area contributed by atoms with Crippen molar-refractivity contribution in [3.8, 4) is 17.2 Å². The van der Waals surface area contributed by atoms with Crippen molar-refractivity contribution < 1.29 is 28.9 Å². The average Bonchev–Trinajstić information content (AvgIpc) is 3.24. The number of amides is 2. The third kappa shape index (κ3) is 3.36. The molecule has 2 aliphatic rings. The molecule has 1 saturated carbocycles. The summed E-state index contributed by atoms with van der Waals surface area (Å²) in [6, 6.07) is 3.18. The van der Waals surface area contributed by atoms with E-state index in [0.29, 0.717) is 35.8 Å². The maximum Gasteiger partial charge on any atom is 0.317 e. The molecule has 0 spiro atoms. The van der Waals surface area contributed by atoms with Gasteiger partial charge in [0.25, 0.3) is 0 Å². The highest BCUT2D eigenvalue weighted by atomic mass is 16.5. The molecule has 2 fully saturated rings. The molecule has 8 nitrogen and oxygen atoms in total. The highest BCUT2D eigenvalue weighted by Crippen LogP contribution is 2.48.